The highest BCUT2D eigenvalue weighted by molar-refractivity contribution is 5.82. The molecule has 0 saturated carbocycles. The Labute approximate surface area is 125 Å². The van der Waals surface area contributed by atoms with Gasteiger partial charge in [0.2, 0.25) is 0 Å². The highest BCUT2D eigenvalue weighted by Crippen LogP contribution is 2.21. The van der Waals surface area contributed by atoms with Crippen molar-refractivity contribution >= 4 is 17.9 Å². The standard InChI is InChI=1S/C16H22N2O3/c1-16(2,3)21-15(20)14-10-17-8-9-18(14)13-6-4-12(11-19)5-7-13/h4-7,11,14,17H,8-10H2,1-3H3. The number of hydrogen-bond acceptors (Lipinski definition) is 5. The predicted octanol–water partition coefficient (Wildman–Crippen LogP) is 1.62. The second-order valence-corrected chi connectivity index (χ2v) is 6.16. The average molecular weight is 290 g/mol. The number of esters is 1. The van der Waals surface area contributed by atoms with Crippen LogP contribution in [0.25, 0.3) is 0 Å². The smallest absolute Gasteiger partial charge is 0.330 e. The minimum atomic E-state index is -0.498. The van der Waals surface area contributed by atoms with Crippen LogP contribution in [-0.4, -0.2) is 43.5 Å². The fourth-order valence-corrected chi connectivity index (χ4v) is 2.34. The number of rotatable bonds is 3. The van der Waals surface area contributed by atoms with E-state index in [1.54, 1.807) is 12.1 Å². The Bertz CT molecular complexity index is 505. The topological polar surface area (TPSA) is 58.6 Å². The number of hydrogen-bond donors (Lipinski definition) is 1. The molecule has 5 nitrogen and oxygen atoms in total. The summed E-state index contributed by atoms with van der Waals surface area (Å²) in [5.74, 6) is -0.228. The van der Waals surface area contributed by atoms with Crippen molar-refractivity contribution < 1.29 is 14.3 Å². The summed E-state index contributed by atoms with van der Waals surface area (Å²) in [6.07, 6.45) is 0.812. The Hall–Kier alpha value is -1.88. The summed E-state index contributed by atoms with van der Waals surface area (Å²) in [6.45, 7) is 7.70. The van der Waals surface area contributed by atoms with E-state index in [1.807, 2.05) is 37.8 Å². The molecular weight excluding hydrogens is 268 g/mol. The molecule has 0 aliphatic carbocycles. The zero-order chi connectivity index (χ0) is 15.5. The minimum absolute atomic E-state index is 0.228. The van der Waals surface area contributed by atoms with Crippen LogP contribution in [0.3, 0.4) is 0 Å². The second kappa shape index (κ2) is 6.26. The summed E-state index contributed by atoms with van der Waals surface area (Å²) < 4.78 is 5.50. The summed E-state index contributed by atoms with van der Waals surface area (Å²) in [4.78, 5) is 25.1. The molecule has 0 radical (unpaired) electrons. The molecule has 0 amide bonds. The van der Waals surface area contributed by atoms with E-state index in [2.05, 4.69) is 5.32 Å². The molecule has 1 aromatic rings. The summed E-state index contributed by atoms with van der Waals surface area (Å²) in [7, 11) is 0. The third-order valence-electron chi connectivity index (χ3n) is 3.28. The van der Waals surface area contributed by atoms with Crippen LogP contribution in [0, 0.1) is 0 Å². The molecule has 1 atom stereocenters. The van der Waals surface area contributed by atoms with Crippen LogP contribution in [0.15, 0.2) is 24.3 Å². The van der Waals surface area contributed by atoms with Gasteiger partial charge in [0, 0.05) is 30.9 Å². The second-order valence-electron chi connectivity index (χ2n) is 6.16. The van der Waals surface area contributed by atoms with E-state index < -0.39 is 5.60 Å². The lowest BCUT2D eigenvalue weighted by Crippen LogP contribution is -2.56. The number of carbonyl (C=O) groups excluding carboxylic acids is 2. The zero-order valence-electron chi connectivity index (χ0n) is 12.8. The van der Waals surface area contributed by atoms with E-state index in [4.69, 9.17) is 4.74 Å². The quantitative estimate of drug-likeness (QED) is 0.677. The van der Waals surface area contributed by atoms with Crippen LogP contribution >= 0.6 is 0 Å². The fourth-order valence-electron chi connectivity index (χ4n) is 2.34. The Balaban J connectivity index is 2.18. The average Bonchev–Trinajstić information content (AvgIpc) is 2.45. The number of piperazine rings is 1. The van der Waals surface area contributed by atoms with Gasteiger partial charge in [-0.25, -0.2) is 4.79 Å². The first kappa shape index (κ1) is 15.5. The number of carbonyl (C=O) groups is 2. The largest absolute Gasteiger partial charge is 0.458 e. The van der Waals surface area contributed by atoms with Gasteiger partial charge in [-0.05, 0) is 45.0 Å². The van der Waals surface area contributed by atoms with Crippen molar-refractivity contribution in [3.63, 3.8) is 0 Å². The third-order valence-corrected chi connectivity index (χ3v) is 3.28. The fraction of sp³-hybridized carbons (Fsp3) is 0.500. The zero-order valence-corrected chi connectivity index (χ0v) is 12.8. The maximum atomic E-state index is 12.4. The number of nitrogens with one attached hydrogen (secondary N) is 1. The van der Waals surface area contributed by atoms with Crippen molar-refractivity contribution in [2.45, 2.75) is 32.4 Å². The highest BCUT2D eigenvalue weighted by Gasteiger charge is 2.32. The molecule has 21 heavy (non-hydrogen) atoms. The maximum absolute atomic E-state index is 12.4. The molecule has 5 heteroatoms. The molecule has 0 spiro atoms. The van der Waals surface area contributed by atoms with E-state index in [1.165, 1.54) is 0 Å². The number of ether oxygens (including phenoxy) is 1. The molecular formula is C16H22N2O3. The molecule has 1 heterocycles. The minimum Gasteiger partial charge on any atom is -0.458 e. The van der Waals surface area contributed by atoms with Crippen molar-refractivity contribution in [1.29, 1.82) is 0 Å². The third kappa shape index (κ3) is 4.04. The van der Waals surface area contributed by atoms with Gasteiger partial charge in [0.25, 0.3) is 0 Å². The Morgan fingerprint density at radius 1 is 1.33 bits per heavy atom. The van der Waals surface area contributed by atoms with Gasteiger partial charge in [-0.2, -0.15) is 0 Å². The van der Waals surface area contributed by atoms with Crippen molar-refractivity contribution in [2.24, 2.45) is 0 Å². The number of aldehydes is 1. The van der Waals surface area contributed by atoms with E-state index in [-0.39, 0.29) is 12.0 Å². The number of nitrogens with zero attached hydrogens (tertiary/aromatic N) is 1. The molecule has 2 rings (SSSR count). The first-order valence-electron chi connectivity index (χ1n) is 7.16. The van der Waals surface area contributed by atoms with E-state index in [9.17, 15) is 9.59 Å². The monoisotopic (exact) mass is 290 g/mol. The van der Waals surface area contributed by atoms with Gasteiger partial charge >= 0.3 is 5.97 Å². The van der Waals surface area contributed by atoms with Crippen LogP contribution in [0.4, 0.5) is 5.69 Å². The van der Waals surface area contributed by atoms with Crippen LogP contribution in [0.5, 0.6) is 0 Å². The van der Waals surface area contributed by atoms with Crippen LogP contribution in [0.1, 0.15) is 31.1 Å². The molecule has 1 N–H and O–H groups in total. The molecule has 1 aromatic carbocycles. The van der Waals surface area contributed by atoms with Gasteiger partial charge in [0.1, 0.15) is 17.9 Å². The lowest BCUT2D eigenvalue weighted by molar-refractivity contribution is -0.156. The molecule has 1 fully saturated rings. The normalized spacial score (nSPS) is 19.2. The molecule has 1 unspecified atom stereocenters. The van der Waals surface area contributed by atoms with Gasteiger partial charge in [-0.3, -0.25) is 4.79 Å². The van der Waals surface area contributed by atoms with Crippen molar-refractivity contribution in [1.82, 2.24) is 5.32 Å². The summed E-state index contributed by atoms with van der Waals surface area (Å²) in [5.41, 5.74) is 1.06. The Kier molecular flexibility index (Phi) is 4.63. The number of anilines is 1. The molecule has 1 aliphatic rings. The predicted molar refractivity (Wildman–Crippen MR) is 81.7 cm³/mol. The van der Waals surface area contributed by atoms with Gasteiger partial charge in [0.05, 0.1) is 0 Å². The molecule has 0 aromatic heterocycles. The summed E-state index contributed by atoms with van der Waals surface area (Å²) in [6, 6.07) is 6.91. The van der Waals surface area contributed by atoms with Gasteiger partial charge in [-0.1, -0.05) is 0 Å². The van der Waals surface area contributed by atoms with Crippen molar-refractivity contribution in [3.8, 4) is 0 Å². The molecule has 1 saturated heterocycles. The molecule has 0 bridgehead atoms. The first-order valence-corrected chi connectivity index (χ1v) is 7.16. The molecule has 1 aliphatic heterocycles. The van der Waals surface area contributed by atoms with Gasteiger partial charge < -0.3 is 15.0 Å². The summed E-state index contributed by atoms with van der Waals surface area (Å²) >= 11 is 0. The SMILES string of the molecule is CC(C)(C)OC(=O)C1CNCCN1c1ccc(C=O)cc1. The lowest BCUT2D eigenvalue weighted by Gasteiger charge is -2.37. The first-order chi connectivity index (χ1) is 9.90. The molecule has 114 valence electrons. The van der Waals surface area contributed by atoms with Crippen LogP contribution in [0.2, 0.25) is 0 Å². The maximum Gasteiger partial charge on any atom is 0.330 e. The van der Waals surface area contributed by atoms with Crippen LogP contribution in [-0.2, 0) is 9.53 Å². The van der Waals surface area contributed by atoms with Crippen LogP contribution < -0.4 is 10.2 Å². The van der Waals surface area contributed by atoms with Gasteiger partial charge in [-0.15, -0.1) is 0 Å². The Morgan fingerprint density at radius 3 is 2.57 bits per heavy atom. The van der Waals surface area contributed by atoms with Crippen molar-refractivity contribution in [2.75, 3.05) is 24.5 Å². The number of benzene rings is 1. The van der Waals surface area contributed by atoms with E-state index >= 15 is 0 Å². The van der Waals surface area contributed by atoms with Gasteiger partial charge in [0.15, 0.2) is 0 Å². The Morgan fingerprint density at radius 2 is 2.00 bits per heavy atom. The van der Waals surface area contributed by atoms with E-state index in [0.717, 1.165) is 25.1 Å². The summed E-state index contributed by atoms with van der Waals surface area (Å²) in [5, 5.41) is 3.23. The lowest BCUT2D eigenvalue weighted by atomic mass is 10.1. The van der Waals surface area contributed by atoms with Crippen molar-refractivity contribution in [3.05, 3.63) is 29.8 Å². The highest BCUT2D eigenvalue weighted by atomic mass is 16.6. The van der Waals surface area contributed by atoms with E-state index in [0.29, 0.717) is 12.1 Å².